The molecular weight excluding hydrogens is 328 g/mol. The molecule has 0 atom stereocenters. The molecule has 1 heterocycles. The van der Waals surface area contributed by atoms with E-state index in [-0.39, 0.29) is 10.6 Å². The molecule has 2 rings (SSSR count). The Kier molecular flexibility index (Phi) is 4.44. The van der Waals surface area contributed by atoms with Gasteiger partial charge in [0.1, 0.15) is 10.7 Å². The van der Waals surface area contributed by atoms with Crippen molar-refractivity contribution in [3.05, 3.63) is 44.4 Å². The molecule has 10 heteroatoms. The summed E-state index contributed by atoms with van der Waals surface area (Å²) in [7, 11) is -2.31. The molecule has 1 aromatic heterocycles. The van der Waals surface area contributed by atoms with Crippen LogP contribution in [0.5, 0.6) is 0 Å². The summed E-state index contributed by atoms with van der Waals surface area (Å²) in [6, 6.07) is 3.59. The third kappa shape index (κ3) is 3.59. The maximum absolute atomic E-state index is 11.3. The lowest BCUT2D eigenvalue weighted by atomic mass is 10.2. The summed E-state index contributed by atoms with van der Waals surface area (Å²) in [6.45, 7) is 2.25. The van der Waals surface area contributed by atoms with Crippen LogP contribution >= 0.6 is 11.3 Å². The van der Waals surface area contributed by atoms with Crippen LogP contribution < -0.4 is 10.0 Å². The van der Waals surface area contributed by atoms with Gasteiger partial charge in [0.15, 0.2) is 0 Å². The number of primary sulfonamides is 1. The minimum absolute atomic E-state index is 0.290. The van der Waals surface area contributed by atoms with Gasteiger partial charge in [-0.3, -0.25) is 10.1 Å². The number of rotatable bonds is 5. The Labute approximate surface area is 131 Å². The lowest BCUT2D eigenvalue weighted by Crippen LogP contribution is -2.19. The molecule has 0 aliphatic heterocycles. The number of aryl methyl sites for hydroxylation is 1. The quantitative estimate of drug-likeness (QED) is 0.651. The largest absolute Gasteiger partial charge is 0.362 e. The molecule has 2 aromatic rings. The number of hydrogen-bond acceptors (Lipinski definition) is 7. The first kappa shape index (κ1) is 16.3. The molecule has 1 aromatic carbocycles. The van der Waals surface area contributed by atoms with Gasteiger partial charge in [0.25, 0.3) is 5.69 Å². The molecule has 22 heavy (non-hydrogen) atoms. The Morgan fingerprint density at radius 1 is 1.45 bits per heavy atom. The predicted molar refractivity (Wildman–Crippen MR) is 83.4 cm³/mol. The van der Waals surface area contributed by atoms with Crippen molar-refractivity contribution in [2.75, 3.05) is 11.9 Å². The van der Waals surface area contributed by atoms with Crippen LogP contribution in [-0.4, -0.2) is 25.4 Å². The van der Waals surface area contributed by atoms with Crippen LogP contribution in [0.1, 0.15) is 10.7 Å². The molecule has 0 saturated carbocycles. The van der Waals surface area contributed by atoms with E-state index in [4.69, 9.17) is 5.14 Å². The molecular formula is C12H14N4O4S2. The van der Waals surface area contributed by atoms with Crippen LogP contribution in [0.2, 0.25) is 0 Å². The zero-order valence-corrected chi connectivity index (χ0v) is 13.5. The van der Waals surface area contributed by atoms with Crippen LogP contribution in [0.4, 0.5) is 11.4 Å². The van der Waals surface area contributed by atoms with E-state index >= 15 is 0 Å². The van der Waals surface area contributed by atoms with Gasteiger partial charge in [0.05, 0.1) is 16.4 Å². The molecule has 0 saturated heterocycles. The van der Waals surface area contributed by atoms with E-state index in [0.29, 0.717) is 12.2 Å². The van der Waals surface area contributed by atoms with E-state index in [1.54, 1.807) is 11.9 Å². The van der Waals surface area contributed by atoms with E-state index in [1.165, 1.54) is 23.5 Å². The summed E-state index contributed by atoms with van der Waals surface area (Å²) >= 11 is 1.46. The molecule has 8 nitrogen and oxygen atoms in total. The normalized spacial score (nSPS) is 11.4. The van der Waals surface area contributed by atoms with Crippen molar-refractivity contribution in [1.29, 1.82) is 0 Å². The molecule has 0 unspecified atom stereocenters. The van der Waals surface area contributed by atoms with E-state index in [1.807, 2.05) is 12.3 Å². The van der Waals surface area contributed by atoms with Gasteiger partial charge in [-0.1, -0.05) is 0 Å². The van der Waals surface area contributed by atoms with Crippen LogP contribution in [0.15, 0.2) is 28.5 Å². The molecule has 0 radical (unpaired) electrons. The van der Waals surface area contributed by atoms with Crippen molar-refractivity contribution in [2.45, 2.75) is 18.4 Å². The van der Waals surface area contributed by atoms with E-state index in [0.717, 1.165) is 16.8 Å². The number of nitrogens with zero attached hydrogens (tertiary/aromatic N) is 3. The fourth-order valence-corrected chi connectivity index (χ4v) is 3.27. The summed E-state index contributed by atoms with van der Waals surface area (Å²) < 4.78 is 22.6. The van der Waals surface area contributed by atoms with Gasteiger partial charge in [-0.2, -0.15) is 0 Å². The van der Waals surface area contributed by atoms with Gasteiger partial charge in [0.2, 0.25) is 10.0 Å². The number of nitrogens with two attached hydrogens (primary N) is 1. The van der Waals surface area contributed by atoms with Crippen LogP contribution in [0.3, 0.4) is 0 Å². The molecule has 0 bridgehead atoms. The molecule has 0 spiro atoms. The summed E-state index contributed by atoms with van der Waals surface area (Å²) in [4.78, 5) is 16.2. The highest BCUT2D eigenvalue weighted by Crippen LogP contribution is 2.31. The second kappa shape index (κ2) is 5.99. The Bertz CT molecular complexity index is 816. The van der Waals surface area contributed by atoms with Crippen LogP contribution in [0.25, 0.3) is 0 Å². The van der Waals surface area contributed by atoms with Crippen molar-refractivity contribution in [3.63, 3.8) is 0 Å². The van der Waals surface area contributed by atoms with E-state index in [9.17, 15) is 18.5 Å². The Hall–Kier alpha value is -2.04. The van der Waals surface area contributed by atoms with Crippen LogP contribution in [-0.2, 0) is 16.6 Å². The fourth-order valence-electron chi connectivity index (χ4n) is 1.91. The van der Waals surface area contributed by atoms with Crippen molar-refractivity contribution in [3.8, 4) is 0 Å². The molecule has 0 aliphatic rings. The van der Waals surface area contributed by atoms with Crippen molar-refractivity contribution in [1.82, 2.24) is 4.98 Å². The molecule has 0 fully saturated rings. The third-order valence-electron chi connectivity index (χ3n) is 2.92. The highest BCUT2D eigenvalue weighted by Gasteiger charge is 2.21. The number of hydrogen-bond donors (Lipinski definition) is 1. The number of aromatic nitrogens is 1. The summed E-state index contributed by atoms with van der Waals surface area (Å²) in [5.74, 6) is 0. The van der Waals surface area contributed by atoms with E-state index < -0.39 is 14.9 Å². The lowest BCUT2D eigenvalue weighted by Gasteiger charge is -2.18. The SMILES string of the molecule is Cc1csc(CN(C)c2ccc(S(N)(=O)=O)cc2[N+](=O)[O-])n1. The number of sulfonamides is 1. The zero-order chi connectivity index (χ0) is 16.5. The van der Waals surface area contributed by atoms with Gasteiger partial charge >= 0.3 is 0 Å². The highest BCUT2D eigenvalue weighted by molar-refractivity contribution is 7.89. The molecule has 2 N–H and O–H groups in total. The van der Waals surface area contributed by atoms with Gasteiger partial charge < -0.3 is 4.90 Å². The van der Waals surface area contributed by atoms with Gasteiger partial charge in [-0.25, -0.2) is 18.5 Å². The summed E-state index contributed by atoms with van der Waals surface area (Å²) in [6.07, 6.45) is 0. The number of nitro groups is 1. The summed E-state index contributed by atoms with van der Waals surface area (Å²) in [5.41, 5.74) is 0.861. The lowest BCUT2D eigenvalue weighted by molar-refractivity contribution is -0.384. The van der Waals surface area contributed by atoms with Crippen molar-refractivity contribution in [2.24, 2.45) is 5.14 Å². The average molecular weight is 342 g/mol. The zero-order valence-electron chi connectivity index (χ0n) is 11.9. The molecule has 0 aliphatic carbocycles. The third-order valence-corrected chi connectivity index (χ3v) is 4.78. The minimum atomic E-state index is -3.99. The number of nitro benzene ring substituents is 1. The van der Waals surface area contributed by atoms with E-state index in [2.05, 4.69) is 4.98 Å². The predicted octanol–water partition coefficient (Wildman–Crippen LogP) is 1.64. The number of anilines is 1. The molecule has 118 valence electrons. The van der Waals surface area contributed by atoms with Crippen molar-refractivity contribution >= 4 is 32.7 Å². The maximum Gasteiger partial charge on any atom is 0.293 e. The first-order valence-electron chi connectivity index (χ1n) is 6.12. The second-order valence-electron chi connectivity index (χ2n) is 4.69. The highest BCUT2D eigenvalue weighted by atomic mass is 32.2. The first-order valence-corrected chi connectivity index (χ1v) is 8.54. The Morgan fingerprint density at radius 2 is 2.14 bits per heavy atom. The minimum Gasteiger partial charge on any atom is -0.362 e. The van der Waals surface area contributed by atoms with Crippen LogP contribution in [0, 0.1) is 17.0 Å². The average Bonchev–Trinajstić information content (AvgIpc) is 2.82. The van der Waals surface area contributed by atoms with Gasteiger partial charge in [0, 0.05) is 24.2 Å². The topological polar surface area (TPSA) is 119 Å². The second-order valence-corrected chi connectivity index (χ2v) is 7.20. The standard InChI is InChI=1S/C12H14N4O4S2/c1-8-7-21-12(14-8)6-15(2)10-4-3-9(22(13,19)20)5-11(10)16(17)18/h3-5,7H,6H2,1-2H3,(H2,13,19,20). The van der Waals surface area contributed by atoms with Crippen molar-refractivity contribution < 1.29 is 13.3 Å². The fraction of sp³-hybridized carbons (Fsp3) is 0.250. The maximum atomic E-state index is 11.3. The smallest absolute Gasteiger partial charge is 0.293 e. The Balaban J connectivity index is 2.39. The van der Waals surface area contributed by atoms with Gasteiger partial charge in [-0.05, 0) is 19.1 Å². The molecule has 0 amide bonds. The number of benzene rings is 1. The summed E-state index contributed by atoms with van der Waals surface area (Å²) in [5, 5.41) is 18.9. The van der Waals surface area contributed by atoms with Gasteiger partial charge in [-0.15, -0.1) is 11.3 Å². The number of thiazole rings is 1. The first-order chi connectivity index (χ1) is 10.2. The monoisotopic (exact) mass is 342 g/mol. The Morgan fingerprint density at radius 3 is 2.64 bits per heavy atom.